The minimum atomic E-state index is 0.595. The molecule has 0 amide bonds. The Morgan fingerprint density at radius 2 is 2.33 bits per heavy atom. The molecule has 1 aromatic rings. The zero-order chi connectivity index (χ0) is 8.97. The predicted molar refractivity (Wildman–Crippen MR) is 46.7 cm³/mol. The van der Waals surface area contributed by atoms with Crippen molar-refractivity contribution in [3.8, 4) is 11.8 Å². The molecule has 0 aromatic heterocycles. The second-order valence-electron chi connectivity index (χ2n) is 2.38. The Morgan fingerprint density at radius 1 is 1.58 bits per heavy atom. The molecule has 0 aliphatic heterocycles. The van der Waals surface area contributed by atoms with E-state index in [2.05, 4.69) is 6.58 Å². The summed E-state index contributed by atoms with van der Waals surface area (Å²) in [4.78, 5) is 0. The third-order valence-electron chi connectivity index (χ3n) is 1.53. The standard InChI is InChI=1S/C10H9NO/c1-3-12-10-6-9(7-11)5-4-8(10)2/h3-6H,1H2,2H3. The maximum absolute atomic E-state index is 8.59. The second kappa shape index (κ2) is 3.59. The predicted octanol–water partition coefficient (Wildman–Crippen LogP) is 2.39. The number of ether oxygens (including phenoxy) is 1. The Morgan fingerprint density at radius 3 is 2.92 bits per heavy atom. The van der Waals surface area contributed by atoms with E-state index in [0.717, 1.165) is 5.56 Å². The minimum Gasteiger partial charge on any atom is -0.465 e. The number of aryl methyl sites for hydroxylation is 1. The zero-order valence-corrected chi connectivity index (χ0v) is 6.87. The van der Waals surface area contributed by atoms with Crippen molar-refractivity contribution in [1.29, 1.82) is 5.26 Å². The maximum atomic E-state index is 8.59. The molecule has 0 saturated heterocycles. The van der Waals surface area contributed by atoms with Crippen LogP contribution in [0, 0.1) is 18.3 Å². The van der Waals surface area contributed by atoms with Crippen molar-refractivity contribution in [1.82, 2.24) is 0 Å². The molecule has 0 saturated carbocycles. The number of hydrogen-bond donors (Lipinski definition) is 0. The monoisotopic (exact) mass is 159 g/mol. The summed E-state index contributed by atoms with van der Waals surface area (Å²) in [6.07, 6.45) is 1.35. The van der Waals surface area contributed by atoms with Gasteiger partial charge in [-0.2, -0.15) is 5.26 Å². The molecule has 0 atom stereocenters. The molecule has 1 aromatic carbocycles. The van der Waals surface area contributed by atoms with Crippen LogP contribution in [0.2, 0.25) is 0 Å². The molecule has 0 unspecified atom stereocenters. The van der Waals surface area contributed by atoms with E-state index >= 15 is 0 Å². The molecular formula is C10H9NO. The molecule has 0 aliphatic rings. The molecule has 0 bridgehead atoms. The molecular weight excluding hydrogens is 150 g/mol. The molecule has 0 radical (unpaired) electrons. The van der Waals surface area contributed by atoms with Gasteiger partial charge in [0.15, 0.2) is 0 Å². The molecule has 0 aliphatic carbocycles. The Balaban J connectivity index is 3.09. The Kier molecular flexibility index (Phi) is 2.49. The fourth-order valence-corrected chi connectivity index (χ4v) is 0.886. The normalized spacial score (nSPS) is 8.67. The first-order valence-electron chi connectivity index (χ1n) is 3.56. The third-order valence-corrected chi connectivity index (χ3v) is 1.53. The number of nitrogens with zero attached hydrogens (tertiary/aromatic N) is 1. The fourth-order valence-electron chi connectivity index (χ4n) is 0.886. The lowest BCUT2D eigenvalue weighted by Gasteiger charge is -2.03. The number of nitriles is 1. The van der Waals surface area contributed by atoms with Crippen LogP contribution in [-0.2, 0) is 0 Å². The topological polar surface area (TPSA) is 33.0 Å². The summed E-state index contributed by atoms with van der Waals surface area (Å²) in [6, 6.07) is 7.33. The van der Waals surface area contributed by atoms with Crippen LogP contribution in [0.25, 0.3) is 0 Å². The average Bonchev–Trinajstić information content (AvgIpc) is 2.09. The number of rotatable bonds is 2. The van der Waals surface area contributed by atoms with Crippen LogP contribution in [0.15, 0.2) is 31.0 Å². The van der Waals surface area contributed by atoms with Gasteiger partial charge in [0.1, 0.15) is 5.75 Å². The van der Waals surface area contributed by atoms with Crippen molar-refractivity contribution >= 4 is 0 Å². The summed E-state index contributed by atoms with van der Waals surface area (Å²) < 4.78 is 5.09. The van der Waals surface area contributed by atoms with Gasteiger partial charge in [0, 0.05) is 0 Å². The van der Waals surface area contributed by atoms with E-state index in [0.29, 0.717) is 11.3 Å². The third kappa shape index (κ3) is 1.64. The van der Waals surface area contributed by atoms with Gasteiger partial charge >= 0.3 is 0 Å². The maximum Gasteiger partial charge on any atom is 0.130 e. The first-order chi connectivity index (χ1) is 5.77. The van der Waals surface area contributed by atoms with Gasteiger partial charge in [-0.3, -0.25) is 0 Å². The SMILES string of the molecule is C=COc1cc(C#N)ccc1C. The average molecular weight is 159 g/mol. The number of hydrogen-bond acceptors (Lipinski definition) is 2. The molecule has 0 spiro atoms. The molecule has 0 heterocycles. The Labute approximate surface area is 71.7 Å². The van der Waals surface area contributed by atoms with Crippen LogP contribution < -0.4 is 4.74 Å². The van der Waals surface area contributed by atoms with Crippen LogP contribution in [0.3, 0.4) is 0 Å². The van der Waals surface area contributed by atoms with Crippen LogP contribution >= 0.6 is 0 Å². The van der Waals surface area contributed by atoms with Gasteiger partial charge in [0.05, 0.1) is 17.9 Å². The Bertz CT molecular complexity index is 336. The fraction of sp³-hybridized carbons (Fsp3) is 0.100. The van der Waals surface area contributed by atoms with Gasteiger partial charge < -0.3 is 4.74 Å². The van der Waals surface area contributed by atoms with Gasteiger partial charge in [-0.05, 0) is 24.6 Å². The molecule has 2 nitrogen and oxygen atoms in total. The lowest BCUT2D eigenvalue weighted by Crippen LogP contribution is -1.86. The summed E-state index contributed by atoms with van der Waals surface area (Å²) >= 11 is 0. The van der Waals surface area contributed by atoms with Crippen molar-refractivity contribution in [3.05, 3.63) is 42.2 Å². The molecule has 12 heavy (non-hydrogen) atoms. The quantitative estimate of drug-likeness (QED) is 0.621. The molecule has 1 rings (SSSR count). The zero-order valence-electron chi connectivity index (χ0n) is 6.87. The summed E-state index contributed by atoms with van der Waals surface area (Å²) in [5.41, 5.74) is 1.59. The van der Waals surface area contributed by atoms with E-state index in [4.69, 9.17) is 10.00 Å². The summed E-state index contributed by atoms with van der Waals surface area (Å²) in [5, 5.41) is 8.59. The van der Waals surface area contributed by atoms with Gasteiger partial charge in [0.25, 0.3) is 0 Å². The summed E-state index contributed by atoms with van der Waals surface area (Å²) in [7, 11) is 0. The van der Waals surface area contributed by atoms with E-state index in [1.807, 2.05) is 19.1 Å². The molecule has 0 fully saturated rings. The van der Waals surface area contributed by atoms with Gasteiger partial charge in [-0.25, -0.2) is 0 Å². The van der Waals surface area contributed by atoms with Crippen LogP contribution in [0.5, 0.6) is 5.75 Å². The van der Waals surface area contributed by atoms with Gasteiger partial charge in [0.2, 0.25) is 0 Å². The highest BCUT2D eigenvalue weighted by molar-refractivity contribution is 5.41. The highest BCUT2D eigenvalue weighted by Crippen LogP contribution is 2.18. The largest absolute Gasteiger partial charge is 0.465 e. The minimum absolute atomic E-state index is 0.595. The van der Waals surface area contributed by atoms with E-state index in [9.17, 15) is 0 Å². The van der Waals surface area contributed by atoms with Crippen LogP contribution in [-0.4, -0.2) is 0 Å². The van der Waals surface area contributed by atoms with Crippen molar-refractivity contribution in [2.24, 2.45) is 0 Å². The van der Waals surface area contributed by atoms with E-state index < -0.39 is 0 Å². The highest BCUT2D eigenvalue weighted by atomic mass is 16.5. The van der Waals surface area contributed by atoms with Crippen molar-refractivity contribution in [2.45, 2.75) is 6.92 Å². The first kappa shape index (κ1) is 8.35. The van der Waals surface area contributed by atoms with Crippen LogP contribution in [0.4, 0.5) is 0 Å². The first-order valence-corrected chi connectivity index (χ1v) is 3.56. The lowest BCUT2D eigenvalue weighted by atomic mass is 10.1. The van der Waals surface area contributed by atoms with E-state index in [-0.39, 0.29) is 0 Å². The van der Waals surface area contributed by atoms with Gasteiger partial charge in [-0.1, -0.05) is 12.6 Å². The van der Waals surface area contributed by atoms with Crippen molar-refractivity contribution in [3.63, 3.8) is 0 Å². The smallest absolute Gasteiger partial charge is 0.130 e. The second-order valence-corrected chi connectivity index (χ2v) is 2.38. The van der Waals surface area contributed by atoms with Crippen molar-refractivity contribution in [2.75, 3.05) is 0 Å². The lowest BCUT2D eigenvalue weighted by molar-refractivity contribution is 0.479. The number of benzene rings is 1. The van der Waals surface area contributed by atoms with E-state index in [1.54, 1.807) is 12.1 Å². The molecule has 0 N–H and O–H groups in total. The molecule has 60 valence electrons. The summed E-state index contributed by atoms with van der Waals surface area (Å²) in [5.74, 6) is 0.684. The van der Waals surface area contributed by atoms with E-state index in [1.165, 1.54) is 6.26 Å². The van der Waals surface area contributed by atoms with Gasteiger partial charge in [-0.15, -0.1) is 0 Å². The molecule has 2 heteroatoms. The van der Waals surface area contributed by atoms with Crippen LogP contribution in [0.1, 0.15) is 11.1 Å². The highest BCUT2D eigenvalue weighted by Gasteiger charge is 1.98. The Hall–Kier alpha value is -1.75. The van der Waals surface area contributed by atoms with Crippen molar-refractivity contribution < 1.29 is 4.74 Å². The summed E-state index contributed by atoms with van der Waals surface area (Å²) in [6.45, 7) is 5.36.